The van der Waals surface area contributed by atoms with Gasteiger partial charge in [0.05, 0.1) is 18.8 Å². The zero-order chi connectivity index (χ0) is 28.6. The molecule has 2 aliphatic carbocycles. The maximum atomic E-state index is 15.4. The van der Waals surface area contributed by atoms with E-state index in [4.69, 9.17) is 8.37 Å². The zero-order valence-corrected chi connectivity index (χ0v) is 23.0. The van der Waals surface area contributed by atoms with Gasteiger partial charge in [0.25, 0.3) is 0 Å². The molecule has 11 heteroatoms. The van der Waals surface area contributed by atoms with Crippen molar-refractivity contribution in [1.29, 1.82) is 0 Å². The van der Waals surface area contributed by atoms with E-state index in [1.54, 1.807) is 54.6 Å². The summed E-state index contributed by atoms with van der Waals surface area (Å²) in [5.74, 6) is -5.02. The first-order valence-electron chi connectivity index (χ1n) is 13.0. The molecule has 3 aromatic rings. The fourth-order valence-electron chi connectivity index (χ4n) is 5.63. The van der Waals surface area contributed by atoms with Crippen LogP contribution in [0.25, 0.3) is 0 Å². The van der Waals surface area contributed by atoms with Crippen LogP contribution in [0.1, 0.15) is 25.7 Å². The number of aliphatic hydroxyl groups excluding tert-OH is 1. The topological polar surface area (TPSA) is 72.8 Å². The van der Waals surface area contributed by atoms with Gasteiger partial charge in [-0.2, -0.15) is 26.0 Å². The molecule has 0 spiro atoms. The standard InChI is InChI=1S/C29H30F4O5S2/c30-28(31,18-19-37-27-22-17-16-21(20-22)26(27)34)29(32,33)40(35,36)38-39(23-10-4-1-5-11-23,24-12-6-2-7-13-24)25-14-8-3-9-15-25/h1-15,21-22,26-27,34H,16-20H2. The highest BCUT2D eigenvalue weighted by molar-refractivity contribution is 8.33. The number of hydrogen-bond acceptors (Lipinski definition) is 5. The van der Waals surface area contributed by atoms with Gasteiger partial charge < -0.3 is 9.84 Å². The molecule has 4 unspecified atom stereocenters. The molecular formula is C29H30F4O5S2. The van der Waals surface area contributed by atoms with Crippen molar-refractivity contribution >= 4 is 20.4 Å². The largest absolute Gasteiger partial charge is 0.432 e. The molecule has 2 bridgehead atoms. The summed E-state index contributed by atoms with van der Waals surface area (Å²) < 4.78 is 98.5. The molecule has 40 heavy (non-hydrogen) atoms. The second kappa shape index (κ2) is 11.1. The Bertz CT molecular complexity index is 1290. The van der Waals surface area contributed by atoms with Crippen LogP contribution in [0, 0.1) is 11.8 Å². The Morgan fingerprint density at radius 3 is 1.62 bits per heavy atom. The third-order valence-electron chi connectivity index (χ3n) is 7.68. The number of halogens is 4. The Morgan fingerprint density at radius 1 is 0.750 bits per heavy atom. The normalized spacial score (nSPS) is 23.8. The molecule has 0 saturated heterocycles. The third-order valence-corrected chi connectivity index (χ3v) is 12.9. The Labute approximate surface area is 232 Å². The molecule has 0 heterocycles. The summed E-state index contributed by atoms with van der Waals surface area (Å²) in [4.78, 5) is 0.719. The van der Waals surface area contributed by atoms with E-state index >= 15 is 17.6 Å². The van der Waals surface area contributed by atoms with E-state index in [2.05, 4.69) is 0 Å². The predicted molar refractivity (Wildman–Crippen MR) is 143 cm³/mol. The zero-order valence-electron chi connectivity index (χ0n) is 21.4. The van der Waals surface area contributed by atoms with Crippen LogP contribution in [-0.2, 0) is 18.5 Å². The van der Waals surface area contributed by atoms with E-state index in [0.717, 1.165) is 12.8 Å². The maximum absolute atomic E-state index is 15.4. The first kappa shape index (κ1) is 29.1. The Hall–Kier alpha value is -2.44. The third kappa shape index (κ3) is 5.07. The predicted octanol–water partition coefficient (Wildman–Crippen LogP) is 7.02. The number of alkyl halides is 4. The van der Waals surface area contributed by atoms with Crippen molar-refractivity contribution in [3.8, 4) is 0 Å². The van der Waals surface area contributed by atoms with Gasteiger partial charge in [0.15, 0.2) is 0 Å². The van der Waals surface area contributed by atoms with Crippen molar-refractivity contribution in [3.63, 3.8) is 0 Å². The second-order valence-corrected chi connectivity index (χ2v) is 14.6. The maximum Gasteiger partial charge on any atom is 0.432 e. The van der Waals surface area contributed by atoms with Crippen LogP contribution in [0.5, 0.6) is 0 Å². The summed E-state index contributed by atoms with van der Waals surface area (Å²) in [5.41, 5.74) is 0. The minimum Gasteiger partial charge on any atom is -0.390 e. The van der Waals surface area contributed by atoms with Crippen LogP contribution in [0.4, 0.5) is 17.6 Å². The van der Waals surface area contributed by atoms with Gasteiger partial charge in [-0.1, -0.05) is 54.6 Å². The van der Waals surface area contributed by atoms with Gasteiger partial charge >= 0.3 is 21.3 Å². The smallest absolute Gasteiger partial charge is 0.390 e. The van der Waals surface area contributed by atoms with E-state index in [-0.39, 0.29) is 26.5 Å². The van der Waals surface area contributed by atoms with Crippen molar-refractivity contribution in [2.24, 2.45) is 11.8 Å². The molecule has 0 amide bonds. The van der Waals surface area contributed by atoms with E-state index < -0.39 is 56.8 Å². The Kier molecular flexibility index (Phi) is 8.06. The lowest BCUT2D eigenvalue weighted by molar-refractivity contribution is -0.177. The first-order chi connectivity index (χ1) is 19.0. The summed E-state index contributed by atoms with van der Waals surface area (Å²) in [7, 11) is -9.69. The molecule has 0 radical (unpaired) electrons. The molecule has 2 aliphatic rings. The van der Waals surface area contributed by atoms with Gasteiger partial charge in [-0.15, -0.1) is 0 Å². The number of benzene rings is 3. The molecule has 3 aromatic carbocycles. The monoisotopic (exact) mass is 598 g/mol. The first-order valence-corrected chi connectivity index (χ1v) is 16.0. The fraction of sp³-hybridized carbons (Fsp3) is 0.379. The summed E-state index contributed by atoms with van der Waals surface area (Å²) in [6.45, 7) is -0.836. The van der Waals surface area contributed by atoms with Crippen molar-refractivity contribution in [2.75, 3.05) is 6.61 Å². The summed E-state index contributed by atoms with van der Waals surface area (Å²) in [5, 5.41) is 4.70. The number of rotatable bonds is 11. The van der Waals surface area contributed by atoms with Crippen LogP contribution >= 0.6 is 10.3 Å². The van der Waals surface area contributed by atoms with E-state index in [1.165, 1.54) is 36.4 Å². The minimum absolute atomic E-state index is 0.00999. The number of aliphatic hydroxyl groups is 1. The quantitative estimate of drug-likeness (QED) is 0.240. The van der Waals surface area contributed by atoms with E-state index in [9.17, 15) is 13.5 Å². The number of hydrogen-bond donors (Lipinski definition) is 1. The molecular weight excluding hydrogens is 568 g/mol. The molecule has 2 saturated carbocycles. The lowest BCUT2D eigenvalue weighted by Crippen LogP contribution is -2.49. The van der Waals surface area contributed by atoms with Gasteiger partial charge in [-0.3, -0.25) is 0 Å². The second-order valence-electron chi connectivity index (χ2n) is 10.1. The van der Waals surface area contributed by atoms with Crippen molar-refractivity contribution < 1.29 is 39.5 Å². The molecule has 4 atom stereocenters. The van der Waals surface area contributed by atoms with E-state index in [0.29, 0.717) is 6.42 Å². The number of ether oxygens (including phenoxy) is 1. The molecule has 5 rings (SSSR count). The molecule has 1 N–H and O–H groups in total. The Balaban J connectivity index is 1.48. The van der Waals surface area contributed by atoms with Gasteiger partial charge in [0.2, 0.25) is 0 Å². The minimum atomic E-state index is -6.24. The highest BCUT2D eigenvalue weighted by atomic mass is 32.3. The SMILES string of the molecule is O=S(=O)(OS(c1ccccc1)(c1ccccc1)c1ccccc1)C(F)(F)C(F)(F)CCOC1C2CCC(C2)C1O. The molecule has 2 fully saturated rings. The average Bonchev–Trinajstić information content (AvgIpc) is 3.55. The lowest BCUT2D eigenvalue weighted by atomic mass is 9.95. The summed E-state index contributed by atoms with van der Waals surface area (Å²) in [6, 6.07) is 23.7. The molecule has 0 aliphatic heterocycles. The lowest BCUT2D eigenvalue weighted by Gasteiger charge is -2.40. The van der Waals surface area contributed by atoms with Crippen LogP contribution in [0.15, 0.2) is 106 Å². The van der Waals surface area contributed by atoms with Crippen molar-refractivity contribution in [1.82, 2.24) is 0 Å². The highest BCUT2D eigenvalue weighted by Gasteiger charge is 2.67. The van der Waals surface area contributed by atoms with E-state index in [1.807, 2.05) is 0 Å². The van der Waals surface area contributed by atoms with Crippen LogP contribution in [-0.4, -0.2) is 43.5 Å². The molecule has 0 aromatic heterocycles. The van der Waals surface area contributed by atoms with Gasteiger partial charge in [0.1, 0.15) is 0 Å². The highest BCUT2D eigenvalue weighted by Crippen LogP contribution is 2.71. The van der Waals surface area contributed by atoms with Crippen molar-refractivity contribution in [3.05, 3.63) is 91.0 Å². The Morgan fingerprint density at radius 2 is 1.20 bits per heavy atom. The average molecular weight is 599 g/mol. The van der Waals surface area contributed by atoms with Gasteiger partial charge in [0, 0.05) is 21.1 Å². The van der Waals surface area contributed by atoms with Crippen LogP contribution in [0.3, 0.4) is 0 Å². The van der Waals surface area contributed by atoms with Gasteiger partial charge in [-0.25, -0.2) is 3.63 Å². The van der Waals surface area contributed by atoms with Crippen molar-refractivity contribution in [2.45, 2.75) is 63.8 Å². The summed E-state index contributed by atoms with van der Waals surface area (Å²) in [6.07, 6.45) is -0.847. The summed E-state index contributed by atoms with van der Waals surface area (Å²) >= 11 is 0. The number of fused-ring (bicyclic) bond motifs is 2. The molecule has 5 nitrogen and oxygen atoms in total. The molecule has 216 valence electrons. The fourth-order valence-corrected chi connectivity index (χ4v) is 10.9. The van der Waals surface area contributed by atoms with Gasteiger partial charge in [-0.05, 0) is 77.8 Å². The van der Waals surface area contributed by atoms with Crippen LogP contribution in [0.2, 0.25) is 0 Å². The van der Waals surface area contributed by atoms with Crippen LogP contribution < -0.4 is 0 Å².